The summed E-state index contributed by atoms with van der Waals surface area (Å²) in [7, 11) is -0.780. The molecule has 140 valence electrons. The van der Waals surface area contributed by atoms with Crippen LogP contribution >= 0.6 is 11.6 Å². The maximum absolute atomic E-state index is 12.7. The van der Waals surface area contributed by atoms with Crippen LogP contribution in [0, 0.1) is 0 Å². The van der Waals surface area contributed by atoms with Crippen molar-refractivity contribution in [2.75, 3.05) is 19.4 Å². The van der Waals surface area contributed by atoms with E-state index in [1.165, 1.54) is 32.3 Å². The molecule has 0 saturated carbocycles. The van der Waals surface area contributed by atoms with E-state index in [0.29, 0.717) is 5.69 Å². The topological polar surface area (TPSA) is 66.5 Å². The van der Waals surface area contributed by atoms with Gasteiger partial charge in [0, 0.05) is 19.8 Å². The third-order valence-electron chi connectivity index (χ3n) is 4.31. The van der Waals surface area contributed by atoms with E-state index in [1.807, 2.05) is 24.3 Å². The van der Waals surface area contributed by atoms with Crippen molar-refractivity contribution >= 4 is 33.2 Å². The van der Waals surface area contributed by atoms with Crippen LogP contribution in [-0.2, 0) is 10.0 Å². The van der Waals surface area contributed by atoms with Gasteiger partial charge in [0.25, 0.3) is 5.91 Å². The third kappa shape index (κ3) is 4.26. The van der Waals surface area contributed by atoms with Gasteiger partial charge in [-0.25, -0.2) is 12.7 Å². The van der Waals surface area contributed by atoms with Crippen LogP contribution in [-0.4, -0.2) is 32.7 Å². The summed E-state index contributed by atoms with van der Waals surface area (Å²) in [6.45, 7) is 4.16. The Balaban J connectivity index is 2.40. The molecule has 0 aliphatic rings. The largest absolute Gasteiger partial charge is 0.322 e. The van der Waals surface area contributed by atoms with Gasteiger partial charge in [-0.05, 0) is 42.2 Å². The van der Waals surface area contributed by atoms with Crippen molar-refractivity contribution in [2.45, 2.75) is 31.1 Å². The third-order valence-corrected chi connectivity index (χ3v) is 6.45. The van der Waals surface area contributed by atoms with Crippen LogP contribution in [0.25, 0.3) is 0 Å². The van der Waals surface area contributed by atoms with Crippen LogP contribution < -0.4 is 5.32 Å². The van der Waals surface area contributed by atoms with Gasteiger partial charge in [-0.3, -0.25) is 4.79 Å². The normalized spacial score (nSPS) is 12.8. The summed E-state index contributed by atoms with van der Waals surface area (Å²) in [5.74, 6) is -0.163. The number of benzene rings is 2. The van der Waals surface area contributed by atoms with Crippen molar-refractivity contribution in [3.63, 3.8) is 0 Å². The zero-order valence-electron chi connectivity index (χ0n) is 15.3. The number of sulfonamides is 1. The Hall–Kier alpha value is -1.89. The summed E-state index contributed by atoms with van der Waals surface area (Å²) in [5.41, 5.74) is 1.84. The summed E-state index contributed by atoms with van der Waals surface area (Å²) >= 11 is 6.15. The predicted molar refractivity (Wildman–Crippen MR) is 105 cm³/mol. The van der Waals surface area contributed by atoms with Crippen molar-refractivity contribution in [2.24, 2.45) is 0 Å². The fourth-order valence-corrected chi connectivity index (χ4v) is 3.63. The first kappa shape index (κ1) is 20.4. The number of carbonyl (C=O) groups is 1. The van der Waals surface area contributed by atoms with E-state index >= 15 is 0 Å². The molecule has 5 nitrogen and oxygen atoms in total. The number of nitrogens with zero attached hydrogens (tertiary/aromatic N) is 1. The number of nitrogens with one attached hydrogen (secondary N) is 1. The molecule has 0 fully saturated rings. The molecule has 1 N–H and O–H groups in total. The molecule has 0 aliphatic heterocycles. The molecule has 0 bridgehead atoms. The maximum Gasteiger partial charge on any atom is 0.257 e. The first-order valence-corrected chi connectivity index (χ1v) is 10.1. The van der Waals surface area contributed by atoms with E-state index in [0.717, 1.165) is 16.3 Å². The molecule has 1 atom stereocenters. The molecule has 0 radical (unpaired) electrons. The molecule has 0 aromatic heterocycles. The lowest BCUT2D eigenvalue weighted by Gasteiger charge is -2.17. The van der Waals surface area contributed by atoms with Crippen LogP contribution in [0.2, 0.25) is 5.02 Å². The molecule has 2 aromatic carbocycles. The second-order valence-corrected chi connectivity index (χ2v) is 8.84. The quantitative estimate of drug-likeness (QED) is 0.791. The summed E-state index contributed by atoms with van der Waals surface area (Å²) in [6.07, 6.45) is 0.935. The molecule has 1 amide bonds. The molecule has 0 heterocycles. The van der Waals surface area contributed by atoms with E-state index in [4.69, 9.17) is 11.6 Å². The molecule has 0 saturated heterocycles. The zero-order chi connectivity index (χ0) is 19.5. The number of hydrogen-bond acceptors (Lipinski definition) is 3. The number of halogens is 1. The molecule has 1 unspecified atom stereocenters. The zero-order valence-corrected chi connectivity index (χ0v) is 16.9. The summed E-state index contributed by atoms with van der Waals surface area (Å²) in [6, 6.07) is 11.7. The van der Waals surface area contributed by atoms with Gasteiger partial charge >= 0.3 is 0 Å². The van der Waals surface area contributed by atoms with Crippen LogP contribution in [0.4, 0.5) is 5.69 Å². The minimum atomic E-state index is -3.65. The Kier molecular flexibility index (Phi) is 6.44. The van der Waals surface area contributed by atoms with Gasteiger partial charge in [0.05, 0.1) is 15.5 Å². The van der Waals surface area contributed by atoms with Gasteiger partial charge in [0.1, 0.15) is 0 Å². The number of carbonyl (C=O) groups excluding carboxylic acids is 1. The first-order chi connectivity index (χ1) is 12.2. The van der Waals surface area contributed by atoms with Gasteiger partial charge in [0.15, 0.2) is 0 Å². The van der Waals surface area contributed by atoms with Gasteiger partial charge in [-0.15, -0.1) is 0 Å². The van der Waals surface area contributed by atoms with Gasteiger partial charge in [0.2, 0.25) is 10.0 Å². The molecule has 7 heteroatoms. The highest BCUT2D eigenvalue weighted by atomic mass is 35.5. The van der Waals surface area contributed by atoms with Crippen LogP contribution in [0.1, 0.15) is 42.1 Å². The smallest absolute Gasteiger partial charge is 0.257 e. The SMILES string of the molecule is CCC(C)c1ccccc1NC(=O)c1cc(S(=O)(=O)N(C)C)ccc1Cl. The number of para-hydroxylation sites is 1. The van der Waals surface area contributed by atoms with Crippen LogP contribution in [0.3, 0.4) is 0 Å². The highest BCUT2D eigenvalue weighted by Gasteiger charge is 2.21. The Morgan fingerprint density at radius 3 is 2.46 bits per heavy atom. The molecule has 0 spiro atoms. The average molecular weight is 395 g/mol. The van der Waals surface area contributed by atoms with E-state index in [1.54, 1.807) is 0 Å². The Labute approximate surface area is 160 Å². The van der Waals surface area contributed by atoms with Crippen LogP contribution in [0.5, 0.6) is 0 Å². The predicted octanol–water partition coefficient (Wildman–Crippen LogP) is 4.36. The van der Waals surface area contributed by atoms with E-state index in [2.05, 4.69) is 19.2 Å². The minimum absolute atomic E-state index is 0.0206. The summed E-state index contributed by atoms with van der Waals surface area (Å²) in [5, 5.41) is 3.05. The average Bonchev–Trinajstić information content (AvgIpc) is 2.61. The van der Waals surface area contributed by atoms with E-state index in [9.17, 15) is 13.2 Å². The Morgan fingerprint density at radius 2 is 1.85 bits per heavy atom. The molecule has 2 rings (SSSR count). The van der Waals surface area contributed by atoms with Crippen molar-refractivity contribution in [3.05, 3.63) is 58.6 Å². The van der Waals surface area contributed by atoms with Crippen molar-refractivity contribution in [1.82, 2.24) is 4.31 Å². The lowest BCUT2D eigenvalue weighted by atomic mass is 9.97. The molecule has 26 heavy (non-hydrogen) atoms. The Morgan fingerprint density at radius 1 is 1.19 bits per heavy atom. The molecule has 0 aliphatic carbocycles. The monoisotopic (exact) mass is 394 g/mol. The molecular weight excluding hydrogens is 372 g/mol. The van der Waals surface area contributed by atoms with Gasteiger partial charge in [-0.1, -0.05) is 43.6 Å². The second-order valence-electron chi connectivity index (χ2n) is 6.28. The summed E-state index contributed by atoms with van der Waals surface area (Å²) < 4.78 is 25.7. The van der Waals surface area contributed by atoms with Crippen molar-refractivity contribution < 1.29 is 13.2 Å². The number of anilines is 1. The fraction of sp³-hybridized carbons (Fsp3) is 0.316. The van der Waals surface area contributed by atoms with Gasteiger partial charge in [-0.2, -0.15) is 0 Å². The molecule has 2 aromatic rings. The highest BCUT2D eigenvalue weighted by Crippen LogP contribution is 2.28. The molecular formula is C19H23ClN2O3S. The Bertz CT molecular complexity index is 911. The second kappa shape index (κ2) is 8.20. The van der Waals surface area contributed by atoms with Crippen molar-refractivity contribution in [3.8, 4) is 0 Å². The van der Waals surface area contributed by atoms with Crippen molar-refractivity contribution in [1.29, 1.82) is 0 Å². The standard InChI is InChI=1S/C19H23ClN2O3S/c1-5-13(2)15-8-6-7-9-18(15)21-19(23)16-12-14(10-11-17(16)20)26(24,25)22(3)4/h6-13H,5H2,1-4H3,(H,21,23). The summed E-state index contributed by atoms with van der Waals surface area (Å²) in [4.78, 5) is 12.8. The number of hydrogen-bond donors (Lipinski definition) is 1. The van der Waals surface area contributed by atoms with E-state index < -0.39 is 15.9 Å². The number of amides is 1. The number of rotatable bonds is 6. The first-order valence-electron chi connectivity index (χ1n) is 8.30. The van der Waals surface area contributed by atoms with Crippen LogP contribution in [0.15, 0.2) is 47.4 Å². The maximum atomic E-state index is 12.7. The highest BCUT2D eigenvalue weighted by molar-refractivity contribution is 7.89. The lowest BCUT2D eigenvalue weighted by molar-refractivity contribution is 0.102. The van der Waals surface area contributed by atoms with E-state index in [-0.39, 0.29) is 21.4 Å². The van der Waals surface area contributed by atoms with Gasteiger partial charge < -0.3 is 5.32 Å². The fourth-order valence-electron chi connectivity index (χ4n) is 2.50. The minimum Gasteiger partial charge on any atom is -0.322 e. The lowest BCUT2D eigenvalue weighted by Crippen LogP contribution is -2.23.